The van der Waals surface area contributed by atoms with Crippen LogP contribution in [0.2, 0.25) is 0 Å². The normalized spacial score (nSPS) is 17.9. The molecule has 1 saturated heterocycles. The molecule has 2 aliphatic rings. The smallest absolute Gasteiger partial charge is 0.257 e. The van der Waals surface area contributed by atoms with Gasteiger partial charge in [0.2, 0.25) is 6.79 Å². The summed E-state index contributed by atoms with van der Waals surface area (Å²) in [5.74, 6) is -1.17. The van der Waals surface area contributed by atoms with Gasteiger partial charge >= 0.3 is 0 Å². The maximum atomic E-state index is 13.9. The molecule has 1 unspecified atom stereocenters. The maximum Gasteiger partial charge on any atom is 0.257 e. The summed E-state index contributed by atoms with van der Waals surface area (Å²) in [6.45, 7) is 3.84. The lowest BCUT2D eigenvalue weighted by atomic mass is 10.0. The first kappa shape index (κ1) is 19.6. The average molecular weight is 403 g/mol. The molecule has 2 heterocycles. The number of ether oxygens (including phenoxy) is 2. The highest BCUT2D eigenvalue weighted by atomic mass is 19.1. The molecule has 0 aliphatic carbocycles. The van der Waals surface area contributed by atoms with Gasteiger partial charge in [-0.3, -0.25) is 9.69 Å². The van der Waals surface area contributed by atoms with E-state index >= 15 is 0 Å². The number of benzene rings is 2. The number of fused-ring (bicyclic) bond motifs is 1. The van der Waals surface area contributed by atoms with Crippen LogP contribution >= 0.6 is 0 Å². The van der Waals surface area contributed by atoms with Gasteiger partial charge in [0.1, 0.15) is 17.2 Å². The number of likely N-dealkylation sites (N-methyl/N-ethyl adjacent to an activating group) is 1. The van der Waals surface area contributed by atoms with Crippen molar-refractivity contribution >= 4 is 5.91 Å². The molecule has 0 radical (unpaired) electrons. The highest BCUT2D eigenvalue weighted by molar-refractivity contribution is 5.94. The fourth-order valence-electron chi connectivity index (χ4n) is 3.70. The summed E-state index contributed by atoms with van der Waals surface area (Å²) in [7, 11) is 2.07. The Hall–Kier alpha value is -2.71. The minimum Gasteiger partial charge on any atom is -0.454 e. The molecule has 1 fully saturated rings. The molecule has 0 saturated carbocycles. The Kier molecular flexibility index (Phi) is 5.64. The van der Waals surface area contributed by atoms with Gasteiger partial charge in [-0.2, -0.15) is 0 Å². The average Bonchev–Trinajstić information content (AvgIpc) is 3.17. The first-order valence-corrected chi connectivity index (χ1v) is 9.57. The molecule has 2 aromatic rings. The van der Waals surface area contributed by atoms with E-state index in [9.17, 15) is 13.6 Å². The minimum absolute atomic E-state index is 0.156. The van der Waals surface area contributed by atoms with E-state index in [1.165, 1.54) is 6.07 Å². The SMILES string of the molecule is CN1CCN(C(CNC(=O)c2c(F)cccc2F)c2ccc3c(c2)OCO3)CC1. The zero-order chi connectivity index (χ0) is 20.4. The van der Waals surface area contributed by atoms with Crippen molar-refractivity contribution in [2.24, 2.45) is 0 Å². The predicted molar refractivity (Wildman–Crippen MR) is 103 cm³/mol. The van der Waals surface area contributed by atoms with Crippen LogP contribution in [0.3, 0.4) is 0 Å². The zero-order valence-corrected chi connectivity index (χ0v) is 16.2. The van der Waals surface area contributed by atoms with Crippen LogP contribution in [0, 0.1) is 11.6 Å². The van der Waals surface area contributed by atoms with Crippen molar-refractivity contribution < 1.29 is 23.0 Å². The van der Waals surface area contributed by atoms with Gasteiger partial charge in [-0.15, -0.1) is 0 Å². The quantitative estimate of drug-likeness (QED) is 0.831. The standard InChI is InChI=1S/C21H23F2N3O3/c1-25-7-9-26(10-8-25)17(14-5-6-18-19(11-14)29-13-28-18)12-24-21(27)20-15(22)3-2-4-16(20)23/h2-6,11,17H,7-10,12-13H2,1H3,(H,24,27). The van der Waals surface area contributed by atoms with Crippen LogP contribution in [0.15, 0.2) is 36.4 Å². The second kappa shape index (κ2) is 8.34. The molecule has 0 aromatic heterocycles. The third-order valence-corrected chi connectivity index (χ3v) is 5.41. The molecule has 154 valence electrons. The molecule has 29 heavy (non-hydrogen) atoms. The van der Waals surface area contributed by atoms with Crippen LogP contribution < -0.4 is 14.8 Å². The topological polar surface area (TPSA) is 54.0 Å². The second-order valence-corrected chi connectivity index (χ2v) is 7.27. The van der Waals surface area contributed by atoms with E-state index in [1.54, 1.807) is 0 Å². The fraction of sp³-hybridized carbons (Fsp3) is 0.381. The first-order chi connectivity index (χ1) is 14.0. The van der Waals surface area contributed by atoms with Gasteiger partial charge in [-0.1, -0.05) is 12.1 Å². The number of piperazine rings is 1. The molecule has 8 heteroatoms. The number of hydrogen-bond acceptors (Lipinski definition) is 5. The monoisotopic (exact) mass is 403 g/mol. The lowest BCUT2D eigenvalue weighted by Crippen LogP contribution is -2.48. The summed E-state index contributed by atoms with van der Waals surface area (Å²) < 4.78 is 38.8. The van der Waals surface area contributed by atoms with Crippen molar-refractivity contribution in [3.63, 3.8) is 0 Å². The van der Waals surface area contributed by atoms with Crippen molar-refractivity contribution in [3.05, 3.63) is 59.2 Å². The molecule has 2 aliphatic heterocycles. The van der Waals surface area contributed by atoms with Crippen LogP contribution in [0.5, 0.6) is 11.5 Å². The Bertz CT molecular complexity index is 880. The molecular formula is C21H23F2N3O3. The zero-order valence-electron chi connectivity index (χ0n) is 16.2. The number of nitrogens with one attached hydrogen (secondary N) is 1. The van der Waals surface area contributed by atoms with Crippen LogP contribution in [-0.2, 0) is 0 Å². The number of amides is 1. The second-order valence-electron chi connectivity index (χ2n) is 7.27. The number of rotatable bonds is 5. The molecular weight excluding hydrogens is 380 g/mol. The van der Waals surface area contributed by atoms with Crippen molar-refractivity contribution in [1.29, 1.82) is 0 Å². The molecule has 6 nitrogen and oxygen atoms in total. The Balaban J connectivity index is 1.55. The van der Waals surface area contributed by atoms with Crippen LogP contribution in [0.25, 0.3) is 0 Å². The van der Waals surface area contributed by atoms with Gasteiger partial charge in [0.15, 0.2) is 11.5 Å². The van der Waals surface area contributed by atoms with Crippen LogP contribution in [0.4, 0.5) is 8.78 Å². The Morgan fingerprint density at radius 2 is 1.76 bits per heavy atom. The molecule has 0 spiro atoms. The van der Waals surface area contributed by atoms with Crippen molar-refractivity contribution in [2.75, 3.05) is 46.6 Å². The van der Waals surface area contributed by atoms with Crippen LogP contribution in [0.1, 0.15) is 22.0 Å². The van der Waals surface area contributed by atoms with Crippen molar-refractivity contribution in [2.45, 2.75) is 6.04 Å². The summed E-state index contributed by atoms with van der Waals surface area (Å²) in [4.78, 5) is 17.0. The fourth-order valence-corrected chi connectivity index (χ4v) is 3.70. The highest BCUT2D eigenvalue weighted by Gasteiger charge is 2.27. The van der Waals surface area contributed by atoms with E-state index in [-0.39, 0.29) is 19.4 Å². The minimum atomic E-state index is -0.873. The number of carbonyl (C=O) groups excluding carboxylic acids is 1. The first-order valence-electron chi connectivity index (χ1n) is 9.57. The molecule has 1 amide bonds. The van der Waals surface area contributed by atoms with E-state index in [2.05, 4.69) is 22.2 Å². The van der Waals surface area contributed by atoms with Gasteiger partial charge in [-0.05, 0) is 36.9 Å². The summed E-state index contributed by atoms with van der Waals surface area (Å²) in [6, 6.07) is 8.92. The van der Waals surface area contributed by atoms with Gasteiger partial charge in [0.25, 0.3) is 5.91 Å². The molecule has 1 N–H and O–H groups in total. The lowest BCUT2D eigenvalue weighted by molar-refractivity contribution is 0.0879. The van der Waals surface area contributed by atoms with Gasteiger partial charge in [0, 0.05) is 32.7 Å². The maximum absolute atomic E-state index is 13.9. The summed E-state index contributed by atoms with van der Waals surface area (Å²) >= 11 is 0. The molecule has 4 rings (SSSR count). The van der Waals surface area contributed by atoms with Gasteiger partial charge in [-0.25, -0.2) is 8.78 Å². The number of nitrogens with zero attached hydrogens (tertiary/aromatic N) is 2. The third kappa shape index (κ3) is 4.18. The largest absolute Gasteiger partial charge is 0.454 e. The number of carbonyl (C=O) groups is 1. The predicted octanol–water partition coefficient (Wildman–Crippen LogP) is 2.41. The van der Waals surface area contributed by atoms with E-state index in [1.807, 2.05) is 18.2 Å². The van der Waals surface area contributed by atoms with Crippen molar-refractivity contribution in [1.82, 2.24) is 15.1 Å². The summed E-state index contributed by atoms with van der Waals surface area (Å²) in [5, 5.41) is 2.71. The van der Waals surface area contributed by atoms with E-state index in [0.29, 0.717) is 11.5 Å². The number of halogens is 2. The van der Waals surface area contributed by atoms with Gasteiger partial charge < -0.3 is 19.7 Å². The molecule has 1 atom stereocenters. The van der Waals surface area contributed by atoms with E-state index < -0.39 is 23.1 Å². The molecule has 0 bridgehead atoms. The third-order valence-electron chi connectivity index (χ3n) is 5.41. The summed E-state index contributed by atoms with van der Waals surface area (Å²) in [5.41, 5.74) is 0.392. The highest BCUT2D eigenvalue weighted by Crippen LogP contribution is 2.35. The van der Waals surface area contributed by atoms with Crippen molar-refractivity contribution in [3.8, 4) is 11.5 Å². The van der Waals surface area contributed by atoms with Crippen LogP contribution in [-0.4, -0.2) is 62.3 Å². The number of hydrogen-bond donors (Lipinski definition) is 1. The Labute approximate surface area is 168 Å². The Morgan fingerprint density at radius 3 is 2.48 bits per heavy atom. The lowest BCUT2D eigenvalue weighted by Gasteiger charge is -2.38. The van der Waals surface area contributed by atoms with Gasteiger partial charge in [0.05, 0.1) is 6.04 Å². The van der Waals surface area contributed by atoms with E-state index in [4.69, 9.17) is 9.47 Å². The summed E-state index contributed by atoms with van der Waals surface area (Å²) in [6.07, 6.45) is 0. The van der Waals surface area contributed by atoms with E-state index in [0.717, 1.165) is 43.9 Å². The Morgan fingerprint density at radius 1 is 1.07 bits per heavy atom. The molecule has 2 aromatic carbocycles.